The van der Waals surface area contributed by atoms with E-state index in [1.165, 1.54) is 7.11 Å². The van der Waals surface area contributed by atoms with Gasteiger partial charge in [0.1, 0.15) is 0 Å². The zero-order valence-electron chi connectivity index (χ0n) is 12.4. The van der Waals surface area contributed by atoms with Crippen LogP contribution in [-0.2, 0) is 9.53 Å². The van der Waals surface area contributed by atoms with Crippen LogP contribution in [0.25, 0.3) is 0 Å². The van der Waals surface area contributed by atoms with Crippen molar-refractivity contribution in [2.45, 2.75) is 19.3 Å². The zero-order chi connectivity index (χ0) is 16.5. The number of carbonyl (C=O) groups excluding carboxylic acids is 2. The number of nitrogens with two attached hydrogens (primary N) is 1. The van der Waals surface area contributed by atoms with Crippen LogP contribution < -0.4 is 11.2 Å². The van der Waals surface area contributed by atoms with Gasteiger partial charge < -0.3 is 10.5 Å². The molecule has 7 nitrogen and oxygen atoms in total. The minimum absolute atomic E-state index is 0.303. The molecular weight excluding hydrogens is 284 g/mol. The van der Waals surface area contributed by atoms with E-state index in [2.05, 4.69) is 10.5 Å². The molecule has 0 fully saturated rings. The summed E-state index contributed by atoms with van der Waals surface area (Å²) in [6.45, 7) is 1.68. The molecule has 2 atom stereocenters. The van der Waals surface area contributed by atoms with Crippen molar-refractivity contribution in [3.63, 3.8) is 0 Å². The highest BCUT2D eigenvalue weighted by atomic mass is 16.5. The Kier molecular flexibility index (Phi) is 6.57. The highest BCUT2D eigenvalue weighted by Gasteiger charge is 2.31. The maximum atomic E-state index is 11.8. The number of urea groups is 1. The van der Waals surface area contributed by atoms with Gasteiger partial charge >= 0.3 is 12.0 Å². The molecule has 0 radical (unpaired) electrons. The van der Waals surface area contributed by atoms with Crippen LogP contribution >= 0.6 is 0 Å². The second-order valence-electron chi connectivity index (χ2n) is 4.67. The van der Waals surface area contributed by atoms with Gasteiger partial charge in [-0.3, -0.25) is 4.79 Å². The number of hydrogen-bond donors (Lipinski definition) is 2. The molecule has 7 heteroatoms. The Bertz CT molecular complexity index is 593. The molecular formula is C15H18N4O3. The van der Waals surface area contributed by atoms with Gasteiger partial charge in [0.05, 0.1) is 13.2 Å². The Morgan fingerprint density at radius 3 is 2.55 bits per heavy atom. The summed E-state index contributed by atoms with van der Waals surface area (Å²) in [6, 6.07) is 10.3. The van der Waals surface area contributed by atoms with Crippen molar-refractivity contribution in [2.75, 3.05) is 7.11 Å². The number of methoxy groups -OCH3 is 1. The number of benzene rings is 1. The van der Waals surface area contributed by atoms with Gasteiger partial charge in [-0.2, -0.15) is 10.4 Å². The monoisotopic (exact) mass is 302 g/mol. The molecule has 1 rings (SSSR count). The molecule has 3 N–H and O–H groups in total. The van der Waals surface area contributed by atoms with E-state index in [9.17, 15) is 14.9 Å². The standard InChI is InChI=1S/C15H18N4O3/c1-10(18-19-15(17)21)8-12(11-6-4-3-5-7-11)13(9-16)14(20)22-2/h3-7,12-13H,8H2,1-2H3,(H3,17,19,21)/b18-10+/t12-,13+/m0/s1. The second-order valence-corrected chi connectivity index (χ2v) is 4.67. The van der Waals surface area contributed by atoms with Crippen molar-refractivity contribution >= 4 is 17.7 Å². The molecule has 0 aliphatic heterocycles. The van der Waals surface area contributed by atoms with Crippen LogP contribution in [0.15, 0.2) is 35.4 Å². The van der Waals surface area contributed by atoms with Gasteiger partial charge in [0.15, 0.2) is 5.92 Å². The van der Waals surface area contributed by atoms with Crippen molar-refractivity contribution in [1.82, 2.24) is 5.43 Å². The Morgan fingerprint density at radius 2 is 2.05 bits per heavy atom. The van der Waals surface area contributed by atoms with Gasteiger partial charge in [0.25, 0.3) is 0 Å². The number of carbonyl (C=O) groups is 2. The molecule has 0 saturated heterocycles. The second kappa shape index (κ2) is 8.42. The van der Waals surface area contributed by atoms with Crippen LogP contribution in [0.4, 0.5) is 4.79 Å². The van der Waals surface area contributed by atoms with Crippen molar-refractivity contribution < 1.29 is 14.3 Å². The van der Waals surface area contributed by atoms with Crippen molar-refractivity contribution in [1.29, 1.82) is 5.26 Å². The predicted octanol–water partition coefficient (Wildman–Crippen LogP) is 1.52. The van der Waals surface area contributed by atoms with Gasteiger partial charge in [-0.1, -0.05) is 30.3 Å². The van der Waals surface area contributed by atoms with Crippen molar-refractivity contribution in [3.05, 3.63) is 35.9 Å². The molecule has 0 aliphatic carbocycles. The van der Waals surface area contributed by atoms with Gasteiger partial charge in [-0.25, -0.2) is 10.2 Å². The smallest absolute Gasteiger partial charge is 0.332 e. The summed E-state index contributed by atoms with van der Waals surface area (Å²) in [4.78, 5) is 22.5. The number of ether oxygens (including phenoxy) is 1. The van der Waals surface area contributed by atoms with E-state index in [1.54, 1.807) is 6.92 Å². The number of hydrazone groups is 1. The van der Waals surface area contributed by atoms with E-state index in [-0.39, 0.29) is 0 Å². The maximum Gasteiger partial charge on any atom is 0.332 e. The van der Waals surface area contributed by atoms with E-state index in [4.69, 9.17) is 10.5 Å². The van der Waals surface area contributed by atoms with Gasteiger partial charge in [-0.15, -0.1) is 0 Å². The van der Waals surface area contributed by atoms with Crippen LogP contribution in [0.5, 0.6) is 0 Å². The Labute approximate surface area is 128 Å². The average Bonchev–Trinajstić information content (AvgIpc) is 2.53. The zero-order valence-corrected chi connectivity index (χ0v) is 12.4. The van der Waals surface area contributed by atoms with Gasteiger partial charge in [-0.05, 0) is 18.9 Å². The van der Waals surface area contributed by atoms with E-state index >= 15 is 0 Å². The summed E-state index contributed by atoms with van der Waals surface area (Å²) >= 11 is 0. The van der Waals surface area contributed by atoms with Crippen LogP contribution in [0.3, 0.4) is 0 Å². The number of nitrogens with one attached hydrogen (secondary N) is 1. The fourth-order valence-electron chi connectivity index (χ4n) is 2.08. The molecule has 2 amide bonds. The minimum Gasteiger partial charge on any atom is -0.468 e. The highest BCUT2D eigenvalue weighted by Crippen LogP contribution is 2.29. The fraction of sp³-hybridized carbons (Fsp3) is 0.333. The number of rotatable bonds is 6. The molecule has 0 aromatic heterocycles. The van der Waals surface area contributed by atoms with Gasteiger partial charge in [0, 0.05) is 11.6 Å². The number of amides is 2. The van der Waals surface area contributed by atoms with E-state index in [1.807, 2.05) is 36.4 Å². The lowest BCUT2D eigenvalue weighted by molar-refractivity contribution is -0.144. The first-order valence-electron chi connectivity index (χ1n) is 6.60. The number of esters is 1. The molecule has 22 heavy (non-hydrogen) atoms. The molecule has 0 bridgehead atoms. The van der Waals surface area contributed by atoms with Crippen LogP contribution in [0.1, 0.15) is 24.8 Å². The molecule has 1 aromatic carbocycles. The van der Waals surface area contributed by atoms with Crippen molar-refractivity contribution in [3.8, 4) is 6.07 Å². The molecule has 0 saturated carbocycles. The van der Waals surface area contributed by atoms with Crippen LogP contribution in [0.2, 0.25) is 0 Å². The van der Waals surface area contributed by atoms with E-state index in [0.717, 1.165) is 5.56 Å². The maximum absolute atomic E-state index is 11.8. The first-order chi connectivity index (χ1) is 10.5. The summed E-state index contributed by atoms with van der Waals surface area (Å²) in [6.07, 6.45) is 0.303. The predicted molar refractivity (Wildman–Crippen MR) is 80.7 cm³/mol. The molecule has 0 heterocycles. The largest absolute Gasteiger partial charge is 0.468 e. The molecule has 1 aromatic rings. The quantitative estimate of drug-likeness (QED) is 0.470. The number of nitrogens with zero attached hydrogens (tertiary/aromatic N) is 2. The minimum atomic E-state index is -0.967. The lowest BCUT2D eigenvalue weighted by Crippen LogP contribution is -2.27. The fourth-order valence-corrected chi connectivity index (χ4v) is 2.08. The summed E-state index contributed by atoms with van der Waals surface area (Å²) < 4.78 is 4.69. The Hall–Kier alpha value is -2.88. The Balaban J connectivity index is 3.07. The summed E-state index contributed by atoms with van der Waals surface area (Å²) in [5.74, 6) is -2.00. The highest BCUT2D eigenvalue weighted by molar-refractivity contribution is 5.86. The third kappa shape index (κ3) is 4.90. The average molecular weight is 302 g/mol. The lowest BCUT2D eigenvalue weighted by Gasteiger charge is -2.20. The van der Waals surface area contributed by atoms with Crippen LogP contribution in [-0.4, -0.2) is 24.8 Å². The first kappa shape index (κ1) is 17.2. The lowest BCUT2D eigenvalue weighted by atomic mass is 9.83. The third-order valence-electron chi connectivity index (χ3n) is 3.10. The topological polar surface area (TPSA) is 118 Å². The summed E-state index contributed by atoms with van der Waals surface area (Å²) in [7, 11) is 1.24. The Morgan fingerprint density at radius 1 is 1.41 bits per heavy atom. The third-order valence-corrected chi connectivity index (χ3v) is 3.10. The van der Waals surface area contributed by atoms with E-state index in [0.29, 0.717) is 12.1 Å². The molecule has 0 aliphatic rings. The SMILES string of the molecule is COC(=O)[C@H](C#N)[C@@H](C/C(C)=N/NC(N)=O)c1ccccc1. The number of nitriles is 1. The first-order valence-corrected chi connectivity index (χ1v) is 6.60. The van der Waals surface area contributed by atoms with Crippen LogP contribution in [0, 0.1) is 17.2 Å². The van der Waals surface area contributed by atoms with Crippen molar-refractivity contribution in [2.24, 2.45) is 16.8 Å². The molecule has 0 spiro atoms. The van der Waals surface area contributed by atoms with E-state index < -0.39 is 23.8 Å². The molecule has 0 unspecified atom stereocenters. The summed E-state index contributed by atoms with van der Waals surface area (Å²) in [5.41, 5.74) is 8.44. The summed E-state index contributed by atoms with van der Waals surface area (Å²) in [5, 5.41) is 13.1. The number of hydrogen-bond acceptors (Lipinski definition) is 5. The number of primary amides is 1. The van der Waals surface area contributed by atoms with Gasteiger partial charge in [0.2, 0.25) is 0 Å². The normalized spacial score (nSPS) is 13.6. The molecule has 116 valence electrons.